The molecule has 0 amide bonds. The van der Waals surface area contributed by atoms with Gasteiger partial charge in [0, 0.05) is 19.3 Å². The molecule has 0 aromatic rings. The maximum absolute atomic E-state index is 12.8. The molecule has 0 N–H and O–H groups in total. The number of carbonyl (C=O) groups excluding carboxylic acids is 3. The molecule has 0 saturated carbocycles. The molecule has 0 radical (unpaired) electrons. The minimum atomic E-state index is -0.783. The average molecular weight is 980 g/mol. The first kappa shape index (κ1) is 67.1. The number of rotatable bonds is 55. The highest BCUT2D eigenvalue weighted by atomic mass is 16.6. The molecule has 0 rings (SSSR count). The van der Waals surface area contributed by atoms with E-state index >= 15 is 0 Å². The zero-order valence-corrected chi connectivity index (χ0v) is 46.5. The summed E-state index contributed by atoms with van der Waals surface area (Å²) in [5, 5.41) is 0. The van der Waals surface area contributed by atoms with E-state index in [2.05, 4.69) is 81.5 Å². The topological polar surface area (TPSA) is 78.9 Å². The van der Waals surface area contributed by atoms with Crippen molar-refractivity contribution in [1.29, 1.82) is 0 Å². The van der Waals surface area contributed by atoms with Crippen LogP contribution in [0.2, 0.25) is 0 Å². The molecule has 6 heteroatoms. The second-order valence-corrected chi connectivity index (χ2v) is 20.2. The lowest BCUT2D eigenvalue weighted by molar-refractivity contribution is -0.167. The monoisotopic (exact) mass is 979 g/mol. The number of unbranched alkanes of at least 4 members (excludes halogenated alkanes) is 34. The maximum Gasteiger partial charge on any atom is 0.306 e. The predicted octanol–water partition coefficient (Wildman–Crippen LogP) is 20.4. The van der Waals surface area contributed by atoms with Crippen molar-refractivity contribution in [3.05, 3.63) is 60.8 Å². The van der Waals surface area contributed by atoms with Crippen LogP contribution in [0.1, 0.15) is 310 Å². The van der Waals surface area contributed by atoms with Crippen LogP contribution < -0.4 is 0 Å². The van der Waals surface area contributed by atoms with Crippen LogP contribution in [0.4, 0.5) is 0 Å². The lowest BCUT2D eigenvalue weighted by Crippen LogP contribution is -2.30. The van der Waals surface area contributed by atoms with Gasteiger partial charge in [-0.05, 0) is 103 Å². The maximum atomic E-state index is 12.8. The van der Waals surface area contributed by atoms with Gasteiger partial charge >= 0.3 is 17.9 Å². The molecule has 0 aliphatic rings. The Morgan fingerprint density at radius 3 is 0.886 bits per heavy atom. The Hall–Kier alpha value is -2.89. The minimum Gasteiger partial charge on any atom is -0.462 e. The van der Waals surface area contributed by atoms with Gasteiger partial charge in [-0.2, -0.15) is 0 Å². The Balaban J connectivity index is 4.19. The Kier molecular flexibility index (Phi) is 56.3. The Morgan fingerprint density at radius 1 is 0.286 bits per heavy atom. The highest BCUT2D eigenvalue weighted by molar-refractivity contribution is 5.71. The van der Waals surface area contributed by atoms with Crippen LogP contribution in [0.25, 0.3) is 0 Å². The van der Waals surface area contributed by atoms with Gasteiger partial charge in [0.05, 0.1) is 0 Å². The average Bonchev–Trinajstić information content (AvgIpc) is 3.36. The summed E-state index contributed by atoms with van der Waals surface area (Å²) in [5.74, 6) is -0.894. The molecule has 0 fully saturated rings. The van der Waals surface area contributed by atoms with Gasteiger partial charge in [-0.25, -0.2) is 0 Å². The standard InChI is InChI=1S/C64H114O6/c1-4-7-10-13-16-19-22-25-26-27-28-29-30-31-32-33-34-35-36-37-38-40-42-45-48-51-54-57-63(66)69-60-61(59-68-62(65)56-53-50-47-44-41-24-21-18-15-12-9-6-3)70-64(67)58-55-52-49-46-43-39-23-20-17-14-11-8-5-2/h11,14,18,20-23,25,27-28,61H,4-10,12-13,15-17,19,24,26,29-60H2,1-3H3/b14-11-,21-18-,23-20-,25-22-,28-27-. The summed E-state index contributed by atoms with van der Waals surface area (Å²) >= 11 is 0. The van der Waals surface area contributed by atoms with Gasteiger partial charge < -0.3 is 14.2 Å². The summed E-state index contributed by atoms with van der Waals surface area (Å²) < 4.78 is 16.8. The van der Waals surface area contributed by atoms with Crippen molar-refractivity contribution in [2.75, 3.05) is 13.2 Å². The van der Waals surface area contributed by atoms with E-state index < -0.39 is 6.10 Å². The van der Waals surface area contributed by atoms with E-state index in [-0.39, 0.29) is 31.1 Å². The zero-order chi connectivity index (χ0) is 50.7. The second-order valence-electron chi connectivity index (χ2n) is 20.2. The fourth-order valence-corrected chi connectivity index (χ4v) is 8.62. The summed E-state index contributed by atoms with van der Waals surface area (Å²) in [7, 11) is 0. The Labute approximate surface area is 434 Å². The normalized spacial score (nSPS) is 12.4. The highest BCUT2D eigenvalue weighted by Gasteiger charge is 2.19. The Bertz CT molecular complexity index is 1260. The lowest BCUT2D eigenvalue weighted by atomic mass is 10.0. The van der Waals surface area contributed by atoms with E-state index in [1.807, 2.05) is 0 Å². The van der Waals surface area contributed by atoms with Crippen molar-refractivity contribution in [2.45, 2.75) is 316 Å². The molecule has 0 bridgehead atoms. The van der Waals surface area contributed by atoms with Crippen LogP contribution in [0, 0.1) is 0 Å². The van der Waals surface area contributed by atoms with Gasteiger partial charge in [0.15, 0.2) is 6.10 Å². The third-order valence-electron chi connectivity index (χ3n) is 13.2. The fourth-order valence-electron chi connectivity index (χ4n) is 8.62. The number of hydrogen-bond donors (Lipinski definition) is 0. The number of esters is 3. The largest absolute Gasteiger partial charge is 0.462 e. The molecule has 0 aromatic carbocycles. The number of ether oxygens (including phenoxy) is 3. The number of allylic oxidation sites excluding steroid dienone is 10. The first-order valence-corrected chi connectivity index (χ1v) is 30.3. The van der Waals surface area contributed by atoms with Crippen molar-refractivity contribution in [3.63, 3.8) is 0 Å². The summed E-state index contributed by atoms with van der Waals surface area (Å²) in [6, 6.07) is 0. The molecule has 0 heterocycles. The molecule has 0 aromatic heterocycles. The third kappa shape index (κ3) is 56.0. The molecular formula is C64H114O6. The zero-order valence-electron chi connectivity index (χ0n) is 46.5. The molecular weight excluding hydrogens is 865 g/mol. The molecule has 406 valence electrons. The SMILES string of the molecule is CCC/C=C\C/C=C\CCCCCCCC(=O)OC(COC(=O)CCCCCCC/C=C\CCCCC)COC(=O)CCCCCCCCCCCCCCCCC/C=C\C/C=C\CCCCCCC. The highest BCUT2D eigenvalue weighted by Crippen LogP contribution is 2.16. The van der Waals surface area contributed by atoms with Crippen LogP contribution >= 0.6 is 0 Å². The van der Waals surface area contributed by atoms with E-state index in [1.54, 1.807) is 0 Å². The Morgan fingerprint density at radius 2 is 0.543 bits per heavy atom. The summed E-state index contributed by atoms with van der Waals surface area (Å²) in [4.78, 5) is 38.1. The predicted molar refractivity (Wildman–Crippen MR) is 302 cm³/mol. The van der Waals surface area contributed by atoms with Crippen LogP contribution in [0.15, 0.2) is 60.8 Å². The molecule has 6 nitrogen and oxygen atoms in total. The molecule has 0 spiro atoms. The first-order chi connectivity index (χ1) is 34.5. The third-order valence-corrected chi connectivity index (χ3v) is 13.2. The molecule has 1 atom stereocenters. The van der Waals surface area contributed by atoms with Gasteiger partial charge in [0.2, 0.25) is 0 Å². The fraction of sp³-hybridized carbons (Fsp3) is 0.797. The summed E-state index contributed by atoms with van der Waals surface area (Å²) in [6.07, 6.45) is 73.7. The van der Waals surface area contributed by atoms with Gasteiger partial charge in [0.25, 0.3) is 0 Å². The molecule has 0 aliphatic heterocycles. The first-order valence-electron chi connectivity index (χ1n) is 30.3. The van der Waals surface area contributed by atoms with Gasteiger partial charge in [-0.1, -0.05) is 248 Å². The van der Waals surface area contributed by atoms with Crippen LogP contribution in [0.5, 0.6) is 0 Å². The van der Waals surface area contributed by atoms with E-state index in [9.17, 15) is 14.4 Å². The van der Waals surface area contributed by atoms with Crippen molar-refractivity contribution in [2.24, 2.45) is 0 Å². The van der Waals surface area contributed by atoms with Gasteiger partial charge in [-0.3, -0.25) is 14.4 Å². The summed E-state index contributed by atoms with van der Waals surface area (Å²) in [5.41, 5.74) is 0. The summed E-state index contributed by atoms with van der Waals surface area (Å²) in [6.45, 7) is 6.55. The lowest BCUT2D eigenvalue weighted by Gasteiger charge is -2.18. The second kappa shape index (κ2) is 58.7. The van der Waals surface area contributed by atoms with Gasteiger partial charge in [0.1, 0.15) is 13.2 Å². The minimum absolute atomic E-state index is 0.0809. The quantitative estimate of drug-likeness (QED) is 0.0261. The number of hydrogen-bond acceptors (Lipinski definition) is 6. The van der Waals surface area contributed by atoms with Crippen LogP contribution in [-0.4, -0.2) is 37.2 Å². The smallest absolute Gasteiger partial charge is 0.306 e. The molecule has 1 unspecified atom stereocenters. The molecule has 0 aliphatic carbocycles. The van der Waals surface area contributed by atoms with Crippen molar-refractivity contribution in [1.82, 2.24) is 0 Å². The van der Waals surface area contributed by atoms with Gasteiger partial charge in [-0.15, -0.1) is 0 Å². The van der Waals surface area contributed by atoms with E-state index in [4.69, 9.17) is 14.2 Å². The van der Waals surface area contributed by atoms with E-state index in [1.165, 1.54) is 167 Å². The van der Waals surface area contributed by atoms with Crippen molar-refractivity contribution in [3.8, 4) is 0 Å². The van der Waals surface area contributed by atoms with Crippen LogP contribution in [-0.2, 0) is 28.6 Å². The van der Waals surface area contributed by atoms with E-state index in [0.29, 0.717) is 19.3 Å². The molecule has 70 heavy (non-hydrogen) atoms. The van der Waals surface area contributed by atoms with E-state index in [0.717, 1.165) is 103 Å². The van der Waals surface area contributed by atoms with Crippen molar-refractivity contribution >= 4 is 17.9 Å². The molecule has 0 saturated heterocycles. The van der Waals surface area contributed by atoms with Crippen molar-refractivity contribution < 1.29 is 28.6 Å². The number of carbonyl (C=O) groups is 3. The van der Waals surface area contributed by atoms with Crippen LogP contribution in [0.3, 0.4) is 0 Å².